The number of aliphatic hydroxyl groups is 1. The predicted molar refractivity (Wildman–Crippen MR) is 80.3 cm³/mol. The number of likely N-dealkylation sites (tertiary alicyclic amines) is 1. The summed E-state index contributed by atoms with van der Waals surface area (Å²) in [6.07, 6.45) is 1.07. The first-order valence-corrected chi connectivity index (χ1v) is 7.35. The zero-order valence-electron chi connectivity index (χ0n) is 12.8. The molecule has 5 nitrogen and oxygen atoms in total. The summed E-state index contributed by atoms with van der Waals surface area (Å²) < 4.78 is 5.40. The minimum Gasteiger partial charge on any atom is -0.444 e. The minimum atomic E-state index is -0.583. The van der Waals surface area contributed by atoms with Crippen LogP contribution in [0.25, 0.3) is 0 Å². The van der Waals surface area contributed by atoms with E-state index in [1.54, 1.807) is 12.3 Å². The number of ether oxygens (including phenoxy) is 1. The third-order valence-electron chi connectivity index (χ3n) is 3.28. The van der Waals surface area contributed by atoms with E-state index in [0.717, 1.165) is 11.3 Å². The Bertz CT molecular complexity index is 542. The van der Waals surface area contributed by atoms with Crippen LogP contribution >= 0.6 is 11.6 Å². The lowest BCUT2D eigenvalue weighted by molar-refractivity contribution is 0.0206. The van der Waals surface area contributed by atoms with E-state index in [4.69, 9.17) is 16.3 Å². The zero-order chi connectivity index (χ0) is 15.8. The van der Waals surface area contributed by atoms with Gasteiger partial charge in [0.05, 0.1) is 18.7 Å². The number of hydrogen-bond acceptors (Lipinski definition) is 4. The number of pyridine rings is 1. The molecule has 1 aliphatic rings. The highest BCUT2D eigenvalue weighted by Crippen LogP contribution is 2.36. The van der Waals surface area contributed by atoms with E-state index in [1.165, 1.54) is 4.90 Å². The molecule has 1 aromatic rings. The predicted octanol–water partition coefficient (Wildman–Crippen LogP) is 3.09. The molecule has 0 radical (unpaired) electrons. The number of hydrogen-bond donors (Lipinski definition) is 1. The standard InChI is InChI=1S/C15H21ClN2O3/c1-9-5-12(16)11(7-17-9)13-6-10(19)8-18(13)14(20)21-15(2,3)4/h5,7,10,13,19H,6,8H2,1-4H3/t10-,13?/m1/s1. The minimum absolute atomic E-state index is 0.240. The van der Waals surface area contributed by atoms with Gasteiger partial charge in [0.25, 0.3) is 0 Å². The van der Waals surface area contributed by atoms with Crippen molar-refractivity contribution in [3.8, 4) is 0 Å². The van der Waals surface area contributed by atoms with E-state index in [1.807, 2.05) is 27.7 Å². The quantitative estimate of drug-likeness (QED) is 0.865. The Labute approximate surface area is 129 Å². The van der Waals surface area contributed by atoms with Gasteiger partial charge in [-0.2, -0.15) is 0 Å². The Hall–Kier alpha value is -1.33. The normalized spacial score (nSPS) is 22.5. The van der Waals surface area contributed by atoms with Gasteiger partial charge in [0, 0.05) is 22.5 Å². The van der Waals surface area contributed by atoms with Gasteiger partial charge in [-0.15, -0.1) is 0 Å². The highest BCUT2D eigenvalue weighted by Gasteiger charge is 2.38. The maximum Gasteiger partial charge on any atom is 0.410 e. The molecule has 0 saturated carbocycles. The molecule has 6 heteroatoms. The second-order valence-electron chi connectivity index (χ2n) is 6.39. The molecule has 0 spiro atoms. The maximum atomic E-state index is 12.3. The smallest absolute Gasteiger partial charge is 0.410 e. The number of carbonyl (C=O) groups excluding carboxylic acids is 1. The molecular weight excluding hydrogens is 292 g/mol. The average molecular weight is 313 g/mol. The number of β-amino-alcohol motifs (C(OH)–C–C–N with tert-alkyl or cyclic N) is 1. The summed E-state index contributed by atoms with van der Waals surface area (Å²) in [6, 6.07) is 1.45. The molecule has 1 aromatic heterocycles. The third kappa shape index (κ3) is 3.86. The van der Waals surface area contributed by atoms with Crippen molar-refractivity contribution in [2.75, 3.05) is 6.54 Å². The number of halogens is 1. The Kier molecular flexibility index (Phi) is 4.44. The van der Waals surface area contributed by atoms with Gasteiger partial charge in [-0.1, -0.05) is 11.6 Å². The van der Waals surface area contributed by atoms with Gasteiger partial charge in [0.15, 0.2) is 0 Å². The summed E-state index contributed by atoms with van der Waals surface area (Å²) in [5.74, 6) is 0. The topological polar surface area (TPSA) is 62.7 Å². The van der Waals surface area contributed by atoms with E-state index in [9.17, 15) is 9.90 Å². The molecule has 1 unspecified atom stereocenters. The number of aryl methyl sites for hydroxylation is 1. The Morgan fingerprint density at radius 1 is 1.52 bits per heavy atom. The molecule has 1 aliphatic heterocycles. The van der Waals surface area contributed by atoms with E-state index in [-0.39, 0.29) is 12.6 Å². The van der Waals surface area contributed by atoms with Gasteiger partial charge in [0.1, 0.15) is 5.60 Å². The molecule has 0 bridgehead atoms. The summed E-state index contributed by atoms with van der Waals surface area (Å²) in [7, 11) is 0. The summed E-state index contributed by atoms with van der Waals surface area (Å²) in [6.45, 7) is 7.53. The van der Waals surface area contributed by atoms with Crippen LogP contribution in [0.3, 0.4) is 0 Å². The van der Waals surface area contributed by atoms with Crippen LogP contribution in [0.4, 0.5) is 4.79 Å². The number of nitrogens with zero attached hydrogens (tertiary/aromatic N) is 2. The molecule has 0 aromatic carbocycles. The second-order valence-corrected chi connectivity index (χ2v) is 6.79. The molecule has 21 heavy (non-hydrogen) atoms. The largest absolute Gasteiger partial charge is 0.444 e. The Balaban J connectivity index is 2.26. The molecule has 1 fully saturated rings. The van der Waals surface area contributed by atoms with Gasteiger partial charge >= 0.3 is 6.09 Å². The van der Waals surface area contributed by atoms with Crippen molar-refractivity contribution in [1.29, 1.82) is 0 Å². The third-order valence-corrected chi connectivity index (χ3v) is 3.61. The summed E-state index contributed by atoms with van der Waals surface area (Å²) in [5.41, 5.74) is 0.973. The number of carbonyl (C=O) groups is 1. The van der Waals surface area contributed by atoms with Crippen LogP contribution in [-0.4, -0.2) is 39.3 Å². The fraction of sp³-hybridized carbons (Fsp3) is 0.600. The first-order valence-electron chi connectivity index (χ1n) is 6.97. The lowest BCUT2D eigenvalue weighted by atomic mass is 10.1. The van der Waals surface area contributed by atoms with Gasteiger partial charge in [-0.05, 0) is 40.2 Å². The number of aromatic nitrogens is 1. The van der Waals surface area contributed by atoms with Gasteiger partial charge < -0.3 is 9.84 Å². The second kappa shape index (κ2) is 5.81. The summed E-state index contributed by atoms with van der Waals surface area (Å²) in [4.78, 5) is 18.1. The van der Waals surface area contributed by atoms with Crippen LogP contribution in [0.15, 0.2) is 12.3 Å². The molecule has 116 valence electrons. The number of rotatable bonds is 1. The summed E-state index contributed by atoms with van der Waals surface area (Å²) >= 11 is 6.26. The molecule has 1 amide bonds. The van der Waals surface area contributed by atoms with Crippen molar-refractivity contribution in [2.24, 2.45) is 0 Å². The first-order chi connectivity index (χ1) is 9.67. The Morgan fingerprint density at radius 3 is 2.76 bits per heavy atom. The zero-order valence-corrected chi connectivity index (χ0v) is 13.5. The van der Waals surface area contributed by atoms with Crippen LogP contribution in [0.5, 0.6) is 0 Å². The number of aliphatic hydroxyl groups excluding tert-OH is 1. The number of amides is 1. The molecule has 1 N–H and O–H groups in total. The molecule has 0 aliphatic carbocycles. The van der Waals surface area contributed by atoms with Crippen molar-refractivity contribution < 1.29 is 14.6 Å². The van der Waals surface area contributed by atoms with E-state index < -0.39 is 17.8 Å². The van der Waals surface area contributed by atoms with Crippen molar-refractivity contribution in [1.82, 2.24) is 9.88 Å². The lowest BCUT2D eigenvalue weighted by Gasteiger charge is -2.28. The van der Waals surface area contributed by atoms with Crippen molar-refractivity contribution in [3.63, 3.8) is 0 Å². The fourth-order valence-corrected chi connectivity index (χ4v) is 2.75. The average Bonchev–Trinajstić information content (AvgIpc) is 2.69. The van der Waals surface area contributed by atoms with Crippen LogP contribution < -0.4 is 0 Å². The van der Waals surface area contributed by atoms with E-state index in [0.29, 0.717) is 11.4 Å². The van der Waals surface area contributed by atoms with Crippen molar-refractivity contribution >= 4 is 17.7 Å². The van der Waals surface area contributed by atoms with Crippen LogP contribution in [0.2, 0.25) is 5.02 Å². The highest BCUT2D eigenvalue weighted by atomic mass is 35.5. The van der Waals surface area contributed by atoms with Gasteiger partial charge in [-0.3, -0.25) is 9.88 Å². The van der Waals surface area contributed by atoms with Crippen molar-refractivity contribution in [2.45, 2.75) is 51.9 Å². The highest BCUT2D eigenvalue weighted by molar-refractivity contribution is 6.31. The molecule has 2 heterocycles. The van der Waals surface area contributed by atoms with Crippen molar-refractivity contribution in [3.05, 3.63) is 28.5 Å². The SMILES string of the molecule is Cc1cc(Cl)c(C2C[C@@H](O)CN2C(=O)OC(C)(C)C)cn1. The molecule has 2 atom stereocenters. The van der Waals surface area contributed by atoms with Crippen LogP contribution in [-0.2, 0) is 4.74 Å². The first kappa shape index (κ1) is 16.0. The van der Waals surface area contributed by atoms with Gasteiger partial charge in [-0.25, -0.2) is 4.79 Å². The monoisotopic (exact) mass is 312 g/mol. The van der Waals surface area contributed by atoms with Crippen LogP contribution in [0.1, 0.15) is 44.5 Å². The lowest BCUT2D eigenvalue weighted by Crippen LogP contribution is -2.37. The van der Waals surface area contributed by atoms with E-state index >= 15 is 0 Å². The summed E-state index contributed by atoms with van der Waals surface area (Å²) in [5, 5.41) is 10.5. The van der Waals surface area contributed by atoms with E-state index in [2.05, 4.69) is 4.98 Å². The molecular formula is C15H21ClN2O3. The molecule has 2 rings (SSSR count). The Morgan fingerprint density at radius 2 is 2.19 bits per heavy atom. The van der Waals surface area contributed by atoms with Crippen LogP contribution in [0, 0.1) is 6.92 Å². The molecule has 1 saturated heterocycles. The fourth-order valence-electron chi connectivity index (χ4n) is 2.41. The van der Waals surface area contributed by atoms with Gasteiger partial charge in [0.2, 0.25) is 0 Å². The maximum absolute atomic E-state index is 12.3.